The van der Waals surface area contributed by atoms with E-state index >= 15 is 4.39 Å². The average molecular weight is 815 g/mol. The highest BCUT2D eigenvalue weighted by molar-refractivity contribution is 5.87. The van der Waals surface area contributed by atoms with Gasteiger partial charge in [0, 0.05) is 29.9 Å². The lowest BCUT2D eigenvalue weighted by Gasteiger charge is -2.31. The van der Waals surface area contributed by atoms with Gasteiger partial charge in [0.1, 0.15) is 31.4 Å². The zero-order valence-electron chi connectivity index (χ0n) is 35.9. The van der Waals surface area contributed by atoms with Gasteiger partial charge in [-0.2, -0.15) is 0 Å². The van der Waals surface area contributed by atoms with E-state index in [2.05, 4.69) is 45.2 Å². The highest BCUT2D eigenvalue weighted by atomic mass is 19.1. The number of aliphatic hydroxyl groups excluding tert-OH is 3. The lowest BCUT2D eigenvalue weighted by molar-refractivity contribution is -0.153. The number of esters is 2. The van der Waals surface area contributed by atoms with Crippen molar-refractivity contribution in [3.63, 3.8) is 0 Å². The molecule has 0 saturated heterocycles. The molecule has 0 aliphatic heterocycles. The maximum Gasteiger partial charge on any atom is 0.333 e. The van der Waals surface area contributed by atoms with Crippen molar-refractivity contribution >= 4 is 11.9 Å². The van der Waals surface area contributed by atoms with Crippen LogP contribution in [0.15, 0.2) is 72.8 Å². The fourth-order valence-corrected chi connectivity index (χ4v) is 7.98. The van der Waals surface area contributed by atoms with E-state index in [0.717, 1.165) is 57.7 Å². The molecule has 3 N–H and O–H groups in total. The summed E-state index contributed by atoms with van der Waals surface area (Å²) >= 11 is 0. The summed E-state index contributed by atoms with van der Waals surface area (Å²) in [5.74, 6) is 0.163. The number of carbonyl (C=O) groups is 2. The number of unbranched alkanes of at least 4 members (excludes halogenated alkanes) is 2. The first-order valence-corrected chi connectivity index (χ1v) is 21.6. The highest BCUT2D eigenvalue weighted by Crippen LogP contribution is 2.41. The standard InChI is InChI=1S/C50H67FO8/c1-7-9-10-13-36-16-18-38(19-17-36)39-20-22-43(46(51)29-39)45-28-40(14-11-24-52)44(27-37(45)8-2)41-21-23-47(42(26-41)15-12-25-53)57-31-50(30-54,32-58-48(55)34(3)4)33-59-49(56)35(5)6/h20-23,26-29,36,38,52-54H,3,5,7-19,24-25,30-33H2,1-2,4,6H3. The quantitative estimate of drug-likeness (QED) is 0.0464. The maximum absolute atomic E-state index is 16.2. The lowest BCUT2D eigenvalue weighted by atomic mass is 9.76. The Hall–Kier alpha value is -4.31. The molecule has 0 amide bonds. The van der Waals surface area contributed by atoms with Gasteiger partial charge in [0.05, 0.1) is 12.0 Å². The topological polar surface area (TPSA) is 123 Å². The zero-order valence-corrected chi connectivity index (χ0v) is 35.9. The first-order valence-electron chi connectivity index (χ1n) is 21.6. The number of carbonyl (C=O) groups excluding carboxylic acids is 2. The highest BCUT2D eigenvalue weighted by Gasteiger charge is 2.35. The molecule has 3 aromatic carbocycles. The Balaban J connectivity index is 1.65. The Morgan fingerprint density at radius 2 is 1.36 bits per heavy atom. The van der Waals surface area contributed by atoms with Crippen molar-refractivity contribution < 1.29 is 43.5 Å². The van der Waals surface area contributed by atoms with Gasteiger partial charge in [-0.15, -0.1) is 0 Å². The van der Waals surface area contributed by atoms with Crippen molar-refractivity contribution in [1.82, 2.24) is 0 Å². The monoisotopic (exact) mass is 814 g/mol. The number of aryl methyl sites for hydroxylation is 3. The van der Waals surface area contributed by atoms with Gasteiger partial charge in [0.25, 0.3) is 0 Å². The second-order valence-electron chi connectivity index (χ2n) is 16.6. The molecule has 0 spiro atoms. The van der Waals surface area contributed by atoms with E-state index in [1.54, 1.807) is 6.07 Å². The van der Waals surface area contributed by atoms with Crippen LogP contribution in [0.3, 0.4) is 0 Å². The SMILES string of the molecule is C=C(C)C(=O)OCC(CO)(COC(=O)C(=C)C)COc1ccc(-c2cc(CC)c(-c3ccc(C4CCC(CCCCC)CC4)cc3F)cc2CCCO)cc1CCCO. The second-order valence-corrected chi connectivity index (χ2v) is 16.6. The third-order valence-electron chi connectivity index (χ3n) is 11.7. The van der Waals surface area contributed by atoms with Crippen LogP contribution in [-0.4, -0.2) is 66.9 Å². The third kappa shape index (κ3) is 13.3. The summed E-state index contributed by atoms with van der Waals surface area (Å²) in [6.07, 6.45) is 12.5. The number of rotatable bonds is 24. The molecule has 4 rings (SSSR count). The van der Waals surface area contributed by atoms with Gasteiger partial charge >= 0.3 is 11.9 Å². The molecule has 1 fully saturated rings. The fraction of sp³-hybridized carbons (Fsp3) is 0.520. The smallest absolute Gasteiger partial charge is 0.333 e. The lowest BCUT2D eigenvalue weighted by Crippen LogP contribution is -2.43. The van der Waals surface area contributed by atoms with Gasteiger partial charge in [0.15, 0.2) is 0 Å². The molecule has 0 unspecified atom stereocenters. The van der Waals surface area contributed by atoms with E-state index in [4.69, 9.17) is 14.2 Å². The van der Waals surface area contributed by atoms with Gasteiger partial charge in [-0.3, -0.25) is 0 Å². The van der Waals surface area contributed by atoms with Crippen LogP contribution in [0, 0.1) is 17.2 Å². The molecule has 0 heterocycles. The van der Waals surface area contributed by atoms with E-state index in [1.165, 1.54) is 52.4 Å². The number of halogens is 1. The fourth-order valence-electron chi connectivity index (χ4n) is 7.98. The Kier molecular flexibility index (Phi) is 18.8. The molecule has 1 aliphatic carbocycles. The van der Waals surface area contributed by atoms with Crippen LogP contribution in [0.2, 0.25) is 0 Å². The summed E-state index contributed by atoms with van der Waals surface area (Å²) in [5.41, 5.74) is 6.24. The number of hydrogen-bond donors (Lipinski definition) is 3. The Bertz CT molecular complexity index is 1840. The van der Waals surface area contributed by atoms with Gasteiger partial charge in [-0.25, -0.2) is 14.0 Å². The molecule has 1 saturated carbocycles. The summed E-state index contributed by atoms with van der Waals surface area (Å²) in [6, 6.07) is 15.8. The molecule has 8 nitrogen and oxygen atoms in total. The molecule has 1 aliphatic rings. The van der Waals surface area contributed by atoms with Crippen molar-refractivity contribution in [2.45, 2.75) is 117 Å². The van der Waals surface area contributed by atoms with E-state index < -0.39 is 24.0 Å². The first kappa shape index (κ1) is 47.4. The van der Waals surface area contributed by atoms with Crippen molar-refractivity contribution in [3.05, 3.63) is 101 Å². The van der Waals surface area contributed by atoms with E-state index in [1.807, 2.05) is 24.3 Å². The summed E-state index contributed by atoms with van der Waals surface area (Å²) in [7, 11) is 0. The van der Waals surface area contributed by atoms with Crippen LogP contribution < -0.4 is 4.74 Å². The summed E-state index contributed by atoms with van der Waals surface area (Å²) in [6.45, 7) is 13.3. The Morgan fingerprint density at radius 3 is 1.92 bits per heavy atom. The average Bonchev–Trinajstić information content (AvgIpc) is 3.24. The minimum atomic E-state index is -1.30. The first-order chi connectivity index (χ1) is 28.4. The van der Waals surface area contributed by atoms with Crippen molar-refractivity contribution in [2.24, 2.45) is 11.3 Å². The summed E-state index contributed by atoms with van der Waals surface area (Å²) in [5, 5.41) is 30.2. The van der Waals surface area contributed by atoms with Crippen molar-refractivity contribution in [1.29, 1.82) is 0 Å². The molecule has 59 heavy (non-hydrogen) atoms. The van der Waals surface area contributed by atoms with Crippen LogP contribution in [0.1, 0.15) is 120 Å². The number of aliphatic hydroxyl groups is 3. The molecular formula is C50H67FO8. The third-order valence-corrected chi connectivity index (χ3v) is 11.7. The predicted octanol–water partition coefficient (Wildman–Crippen LogP) is 10.0. The molecule has 9 heteroatoms. The van der Waals surface area contributed by atoms with Crippen LogP contribution in [-0.2, 0) is 38.3 Å². The van der Waals surface area contributed by atoms with Crippen molar-refractivity contribution in [3.8, 4) is 28.0 Å². The van der Waals surface area contributed by atoms with Crippen LogP contribution >= 0.6 is 0 Å². The molecule has 0 aromatic heterocycles. The van der Waals surface area contributed by atoms with Gasteiger partial charge in [-0.05, 0) is 141 Å². The normalized spacial score (nSPS) is 15.5. The van der Waals surface area contributed by atoms with E-state index in [0.29, 0.717) is 49.3 Å². The maximum atomic E-state index is 16.2. The van der Waals surface area contributed by atoms with Crippen LogP contribution in [0.5, 0.6) is 5.75 Å². The number of ether oxygens (including phenoxy) is 3. The Labute approximate surface area is 351 Å². The van der Waals surface area contributed by atoms with E-state index in [-0.39, 0.29) is 50.0 Å². The summed E-state index contributed by atoms with van der Waals surface area (Å²) < 4.78 is 33.4. The minimum Gasteiger partial charge on any atom is -0.492 e. The van der Waals surface area contributed by atoms with Crippen LogP contribution in [0.25, 0.3) is 22.3 Å². The van der Waals surface area contributed by atoms with Crippen molar-refractivity contribution in [2.75, 3.05) is 39.6 Å². The molecule has 3 aromatic rings. The van der Waals surface area contributed by atoms with E-state index in [9.17, 15) is 24.9 Å². The molecule has 322 valence electrons. The molecular weight excluding hydrogens is 748 g/mol. The molecule has 0 radical (unpaired) electrons. The molecule has 0 atom stereocenters. The van der Waals surface area contributed by atoms with Gasteiger partial charge < -0.3 is 29.5 Å². The zero-order chi connectivity index (χ0) is 43.0. The Morgan fingerprint density at radius 1 is 0.729 bits per heavy atom. The summed E-state index contributed by atoms with van der Waals surface area (Å²) in [4.78, 5) is 24.6. The predicted molar refractivity (Wildman–Crippen MR) is 233 cm³/mol. The second kappa shape index (κ2) is 23.5. The van der Waals surface area contributed by atoms with Gasteiger partial charge in [0.2, 0.25) is 0 Å². The molecule has 0 bridgehead atoms. The largest absolute Gasteiger partial charge is 0.492 e. The number of benzene rings is 3. The van der Waals surface area contributed by atoms with Gasteiger partial charge in [-0.1, -0.05) is 83.0 Å². The minimum absolute atomic E-state index is 0.0126. The number of hydrogen-bond acceptors (Lipinski definition) is 8. The van der Waals surface area contributed by atoms with Crippen LogP contribution in [0.4, 0.5) is 4.39 Å².